The minimum Gasteiger partial charge on any atom is -0.357 e. The third-order valence-corrected chi connectivity index (χ3v) is 6.09. The third-order valence-electron chi connectivity index (χ3n) is 5.26. The van der Waals surface area contributed by atoms with Crippen LogP contribution in [0.2, 0.25) is 0 Å². The Hall–Kier alpha value is -1.26. The van der Waals surface area contributed by atoms with Gasteiger partial charge in [-0.1, -0.05) is 12.1 Å². The van der Waals surface area contributed by atoms with Crippen LogP contribution in [-0.4, -0.2) is 54.0 Å². The number of likely N-dealkylation sites (tertiary alicyclic amines) is 1. The Morgan fingerprint density at radius 2 is 2.13 bits per heavy atom. The lowest BCUT2D eigenvalue weighted by molar-refractivity contribution is 0.179. The van der Waals surface area contributed by atoms with Crippen LogP contribution in [-0.2, 0) is 13.1 Å². The fourth-order valence-electron chi connectivity index (χ4n) is 3.71. The first kappa shape index (κ1) is 25.0. The molecule has 8 heteroatoms. The molecule has 0 radical (unpaired) electrons. The van der Waals surface area contributed by atoms with E-state index in [-0.39, 0.29) is 29.8 Å². The van der Waals surface area contributed by atoms with Gasteiger partial charge in [-0.15, -0.1) is 35.3 Å². The lowest BCUT2D eigenvalue weighted by Crippen LogP contribution is -2.39. The number of hydrogen-bond acceptors (Lipinski definition) is 4. The van der Waals surface area contributed by atoms with Gasteiger partial charge in [0.15, 0.2) is 5.96 Å². The lowest BCUT2D eigenvalue weighted by atomic mass is 9.97. The molecule has 1 aromatic carbocycles. The Balaban J connectivity index is 0.00000320. The number of aliphatic imine (C=N–C) groups is 1. The molecule has 1 saturated heterocycles. The van der Waals surface area contributed by atoms with E-state index in [1.165, 1.54) is 24.6 Å². The van der Waals surface area contributed by atoms with Gasteiger partial charge in [-0.2, -0.15) is 0 Å². The topological polar surface area (TPSA) is 43.8 Å². The molecule has 0 spiro atoms. The maximum Gasteiger partial charge on any atom is 0.193 e. The molecule has 0 unspecified atom stereocenters. The van der Waals surface area contributed by atoms with E-state index in [0.717, 1.165) is 49.3 Å². The molecular formula is C22H33FIN5S. The number of nitrogens with zero attached hydrogens (tertiary/aromatic N) is 4. The van der Waals surface area contributed by atoms with E-state index in [9.17, 15) is 4.39 Å². The van der Waals surface area contributed by atoms with Crippen LogP contribution in [0.3, 0.4) is 0 Å². The smallest absolute Gasteiger partial charge is 0.193 e. The highest BCUT2D eigenvalue weighted by Crippen LogP contribution is 2.20. The average molecular weight is 546 g/mol. The highest BCUT2D eigenvalue weighted by Gasteiger charge is 2.20. The zero-order valence-corrected chi connectivity index (χ0v) is 21.3. The predicted octanol–water partition coefficient (Wildman–Crippen LogP) is 4.52. The molecule has 0 atom stereocenters. The molecule has 1 aliphatic heterocycles. The van der Waals surface area contributed by atoms with E-state index in [1.807, 2.05) is 13.1 Å². The van der Waals surface area contributed by atoms with Gasteiger partial charge in [-0.05, 0) is 63.4 Å². The van der Waals surface area contributed by atoms with E-state index in [4.69, 9.17) is 4.99 Å². The highest BCUT2D eigenvalue weighted by molar-refractivity contribution is 14.0. The standard InChI is InChI=1S/C22H32FN5S.HI/c1-4-24-22(27(3)14-19-6-5-7-20(23)12-19)25-13-18-8-10-28(11-9-18)15-21-16-29-17(2)26-21;/h5-7,12,16,18H,4,8-11,13-15H2,1-3H3,(H,24,25);1H. The van der Waals surface area contributed by atoms with Crippen molar-refractivity contribution in [3.8, 4) is 0 Å². The fraction of sp³-hybridized carbons (Fsp3) is 0.545. The van der Waals surface area contributed by atoms with Crippen LogP contribution < -0.4 is 5.32 Å². The maximum atomic E-state index is 13.5. The number of aryl methyl sites for hydroxylation is 1. The molecule has 1 N–H and O–H groups in total. The Bertz CT molecular complexity index is 804. The summed E-state index contributed by atoms with van der Waals surface area (Å²) in [6.45, 7) is 9.58. The number of guanidine groups is 1. The second-order valence-electron chi connectivity index (χ2n) is 7.76. The zero-order chi connectivity index (χ0) is 20.6. The van der Waals surface area contributed by atoms with Gasteiger partial charge >= 0.3 is 0 Å². The van der Waals surface area contributed by atoms with Gasteiger partial charge in [0.05, 0.1) is 10.7 Å². The van der Waals surface area contributed by atoms with Crippen LogP contribution in [0.4, 0.5) is 4.39 Å². The molecule has 1 fully saturated rings. The molecule has 0 saturated carbocycles. The number of piperidine rings is 1. The largest absolute Gasteiger partial charge is 0.357 e. The van der Waals surface area contributed by atoms with Gasteiger partial charge in [-0.25, -0.2) is 9.37 Å². The van der Waals surface area contributed by atoms with Crippen LogP contribution in [0, 0.1) is 18.7 Å². The number of nitrogens with one attached hydrogen (secondary N) is 1. The molecule has 2 heterocycles. The molecule has 2 aromatic rings. The van der Waals surface area contributed by atoms with Crippen molar-refractivity contribution in [1.82, 2.24) is 20.1 Å². The number of thiazole rings is 1. The second kappa shape index (κ2) is 12.6. The van der Waals surface area contributed by atoms with E-state index in [2.05, 4.69) is 39.3 Å². The maximum absolute atomic E-state index is 13.5. The van der Waals surface area contributed by atoms with Crippen LogP contribution >= 0.6 is 35.3 Å². The van der Waals surface area contributed by atoms with Crippen LogP contribution in [0.1, 0.15) is 36.0 Å². The van der Waals surface area contributed by atoms with Gasteiger partial charge in [-0.3, -0.25) is 9.89 Å². The second-order valence-corrected chi connectivity index (χ2v) is 8.82. The summed E-state index contributed by atoms with van der Waals surface area (Å²) < 4.78 is 13.5. The molecule has 30 heavy (non-hydrogen) atoms. The number of aromatic nitrogens is 1. The van der Waals surface area contributed by atoms with Gasteiger partial charge in [0.25, 0.3) is 0 Å². The van der Waals surface area contributed by atoms with E-state index < -0.39 is 0 Å². The van der Waals surface area contributed by atoms with Crippen molar-refractivity contribution in [2.24, 2.45) is 10.9 Å². The summed E-state index contributed by atoms with van der Waals surface area (Å²) in [6.07, 6.45) is 2.33. The van der Waals surface area contributed by atoms with Gasteiger partial charge < -0.3 is 10.2 Å². The van der Waals surface area contributed by atoms with Crippen molar-refractivity contribution in [3.63, 3.8) is 0 Å². The first-order valence-corrected chi connectivity index (χ1v) is 11.3. The summed E-state index contributed by atoms with van der Waals surface area (Å²) in [5, 5.41) is 6.68. The van der Waals surface area contributed by atoms with Gasteiger partial charge in [0, 0.05) is 38.6 Å². The summed E-state index contributed by atoms with van der Waals surface area (Å²) in [7, 11) is 2.00. The highest BCUT2D eigenvalue weighted by atomic mass is 127. The first-order valence-electron chi connectivity index (χ1n) is 10.4. The normalized spacial score (nSPS) is 15.7. The van der Waals surface area contributed by atoms with E-state index in [0.29, 0.717) is 12.5 Å². The fourth-order valence-corrected chi connectivity index (χ4v) is 4.31. The quantitative estimate of drug-likeness (QED) is 0.316. The molecule has 3 rings (SSSR count). The third kappa shape index (κ3) is 7.77. The Morgan fingerprint density at radius 3 is 2.77 bits per heavy atom. The van der Waals surface area contributed by atoms with Crippen molar-refractivity contribution in [3.05, 3.63) is 51.7 Å². The first-order chi connectivity index (χ1) is 14.0. The van der Waals surface area contributed by atoms with Crippen molar-refractivity contribution in [1.29, 1.82) is 0 Å². The SMILES string of the molecule is CCNC(=NCC1CCN(Cc2csc(C)n2)CC1)N(C)Cc1cccc(F)c1.I. The van der Waals surface area contributed by atoms with Crippen molar-refractivity contribution < 1.29 is 4.39 Å². The summed E-state index contributed by atoms with van der Waals surface area (Å²) in [5.41, 5.74) is 2.14. The van der Waals surface area contributed by atoms with Crippen molar-refractivity contribution >= 4 is 41.3 Å². The lowest BCUT2D eigenvalue weighted by Gasteiger charge is -2.31. The number of rotatable bonds is 7. The summed E-state index contributed by atoms with van der Waals surface area (Å²) in [5.74, 6) is 1.30. The van der Waals surface area contributed by atoms with Gasteiger partial charge in [0.2, 0.25) is 0 Å². The summed E-state index contributed by atoms with van der Waals surface area (Å²) in [6, 6.07) is 6.76. The molecule has 166 valence electrons. The predicted molar refractivity (Wildman–Crippen MR) is 134 cm³/mol. The number of halogens is 2. The Morgan fingerprint density at radius 1 is 1.37 bits per heavy atom. The molecule has 0 amide bonds. The minimum absolute atomic E-state index is 0. The summed E-state index contributed by atoms with van der Waals surface area (Å²) >= 11 is 1.73. The Labute approximate surface area is 200 Å². The van der Waals surface area contributed by atoms with Gasteiger partial charge in [0.1, 0.15) is 5.82 Å². The minimum atomic E-state index is -0.197. The molecule has 1 aliphatic rings. The van der Waals surface area contributed by atoms with Crippen LogP contribution in [0.25, 0.3) is 0 Å². The number of hydrogen-bond donors (Lipinski definition) is 1. The number of benzene rings is 1. The summed E-state index contributed by atoms with van der Waals surface area (Å²) in [4.78, 5) is 14.0. The van der Waals surface area contributed by atoms with Crippen LogP contribution in [0.15, 0.2) is 34.6 Å². The molecule has 0 aliphatic carbocycles. The van der Waals surface area contributed by atoms with Crippen molar-refractivity contribution in [2.45, 2.75) is 39.8 Å². The average Bonchev–Trinajstić information content (AvgIpc) is 3.11. The van der Waals surface area contributed by atoms with Crippen LogP contribution in [0.5, 0.6) is 0 Å². The monoisotopic (exact) mass is 545 g/mol. The van der Waals surface area contributed by atoms with Crippen molar-refractivity contribution in [2.75, 3.05) is 33.2 Å². The molecule has 0 bridgehead atoms. The molecule has 1 aromatic heterocycles. The van der Waals surface area contributed by atoms with E-state index >= 15 is 0 Å². The molecular weight excluding hydrogens is 512 g/mol. The van der Waals surface area contributed by atoms with E-state index in [1.54, 1.807) is 23.5 Å². The zero-order valence-electron chi connectivity index (χ0n) is 18.1. The molecule has 5 nitrogen and oxygen atoms in total. The Kier molecular flexibility index (Phi) is 10.5.